The Labute approximate surface area is 106 Å². The van der Waals surface area contributed by atoms with Gasteiger partial charge in [0.2, 0.25) is 10.0 Å². The summed E-state index contributed by atoms with van der Waals surface area (Å²) in [5, 5.41) is 0. The molecule has 0 fully saturated rings. The first-order valence-electron chi connectivity index (χ1n) is 5.29. The van der Waals surface area contributed by atoms with E-state index in [-0.39, 0.29) is 17.0 Å². The largest absolute Gasteiger partial charge is 0.396 e. The van der Waals surface area contributed by atoms with Gasteiger partial charge in [0.15, 0.2) is 0 Å². The molecule has 4 nitrogen and oxygen atoms in total. The maximum absolute atomic E-state index is 13.2. The number of anilines is 1. The molecule has 0 radical (unpaired) electrons. The van der Waals surface area contributed by atoms with E-state index in [1.54, 1.807) is 6.92 Å². The lowest BCUT2D eigenvalue weighted by atomic mass is 10.2. The maximum Gasteiger partial charge on any atom is 0.241 e. The van der Waals surface area contributed by atoms with Crippen molar-refractivity contribution in [1.29, 1.82) is 0 Å². The summed E-state index contributed by atoms with van der Waals surface area (Å²) in [4.78, 5) is -0.0368. The summed E-state index contributed by atoms with van der Waals surface area (Å²) in [5.74, 6) is 1.73. The van der Waals surface area contributed by atoms with Crippen molar-refractivity contribution in [3.05, 3.63) is 23.5 Å². The lowest BCUT2D eigenvalue weighted by molar-refractivity contribution is 0.562. The Balaban J connectivity index is 3.14. The van der Waals surface area contributed by atoms with Crippen molar-refractivity contribution < 1.29 is 12.8 Å². The first kappa shape index (κ1) is 14.5. The zero-order valence-corrected chi connectivity index (χ0v) is 11.0. The van der Waals surface area contributed by atoms with Crippen LogP contribution in [-0.4, -0.2) is 14.5 Å². The van der Waals surface area contributed by atoms with Crippen LogP contribution in [0.2, 0.25) is 0 Å². The fourth-order valence-corrected chi connectivity index (χ4v) is 3.01. The van der Waals surface area contributed by atoms with Crippen molar-refractivity contribution >= 4 is 15.7 Å². The molecule has 0 aliphatic carbocycles. The van der Waals surface area contributed by atoms with Crippen LogP contribution >= 0.6 is 0 Å². The number of aryl methyl sites for hydroxylation is 1. The van der Waals surface area contributed by atoms with Crippen LogP contribution in [0, 0.1) is 25.1 Å². The maximum atomic E-state index is 13.2. The second-order valence-electron chi connectivity index (χ2n) is 4.07. The van der Waals surface area contributed by atoms with E-state index in [1.165, 1.54) is 6.92 Å². The van der Waals surface area contributed by atoms with E-state index in [0.29, 0.717) is 5.56 Å². The highest BCUT2D eigenvalue weighted by Gasteiger charge is 2.20. The highest BCUT2D eigenvalue weighted by Crippen LogP contribution is 2.21. The fourth-order valence-electron chi connectivity index (χ4n) is 1.50. The Hall–Kier alpha value is -1.58. The third-order valence-electron chi connectivity index (χ3n) is 2.36. The van der Waals surface area contributed by atoms with E-state index in [2.05, 4.69) is 10.6 Å². The average molecular weight is 270 g/mol. The van der Waals surface area contributed by atoms with E-state index < -0.39 is 21.9 Å². The predicted octanol–water partition coefficient (Wildman–Crippen LogP) is 1.41. The Kier molecular flexibility index (Phi) is 4.33. The number of nitrogens with two attached hydrogens (primary N) is 1. The molecule has 1 aromatic carbocycles. The molecule has 1 atom stereocenters. The molecule has 0 spiro atoms. The second kappa shape index (κ2) is 5.38. The Morgan fingerprint density at radius 1 is 1.56 bits per heavy atom. The van der Waals surface area contributed by atoms with Gasteiger partial charge in [-0.15, -0.1) is 12.3 Å². The first-order valence-corrected chi connectivity index (χ1v) is 6.77. The van der Waals surface area contributed by atoms with Crippen LogP contribution in [0.15, 0.2) is 17.0 Å². The van der Waals surface area contributed by atoms with Crippen LogP contribution < -0.4 is 10.5 Å². The lowest BCUT2D eigenvalue weighted by Gasteiger charge is -2.14. The highest BCUT2D eigenvalue weighted by atomic mass is 32.2. The summed E-state index contributed by atoms with van der Waals surface area (Å²) in [6.07, 6.45) is 5.38. The minimum absolute atomic E-state index is 0.0368. The summed E-state index contributed by atoms with van der Waals surface area (Å²) in [7, 11) is -3.74. The van der Waals surface area contributed by atoms with Crippen molar-refractivity contribution in [1.82, 2.24) is 4.72 Å². The molecule has 0 amide bonds. The molecule has 18 heavy (non-hydrogen) atoms. The van der Waals surface area contributed by atoms with Crippen molar-refractivity contribution in [2.75, 3.05) is 5.73 Å². The van der Waals surface area contributed by atoms with Crippen LogP contribution in [0.5, 0.6) is 0 Å². The van der Waals surface area contributed by atoms with Crippen molar-refractivity contribution in [3.8, 4) is 12.3 Å². The van der Waals surface area contributed by atoms with Crippen molar-refractivity contribution in [2.24, 2.45) is 0 Å². The van der Waals surface area contributed by atoms with Gasteiger partial charge in [0.1, 0.15) is 5.82 Å². The van der Waals surface area contributed by atoms with Crippen molar-refractivity contribution in [3.63, 3.8) is 0 Å². The Morgan fingerprint density at radius 3 is 2.72 bits per heavy atom. The first-order chi connectivity index (χ1) is 8.27. The highest BCUT2D eigenvalue weighted by molar-refractivity contribution is 7.89. The molecule has 0 bridgehead atoms. The van der Waals surface area contributed by atoms with Gasteiger partial charge in [-0.1, -0.05) is 0 Å². The summed E-state index contributed by atoms with van der Waals surface area (Å²) >= 11 is 0. The predicted molar refractivity (Wildman–Crippen MR) is 68.8 cm³/mol. The van der Waals surface area contributed by atoms with Crippen LogP contribution in [0.4, 0.5) is 10.1 Å². The number of nitrogens with one attached hydrogen (secondary N) is 1. The zero-order valence-electron chi connectivity index (χ0n) is 10.2. The van der Waals surface area contributed by atoms with Crippen LogP contribution in [0.1, 0.15) is 18.9 Å². The fraction of sp³-hybridized carbons (Fsp3) is 0.333. The van der Waals surface area contributed by atoms with Gasteiger partial charge in [0.05, 0.1) is 10.6 Å². The van der Waals surface area contributed by atoms with Crippen LogP contribution in [0.3, 0.4) is 0 Å². The SMILES string of the molecule is C#CCC(C)NS(=O)(=O)c1cc(N)c(F)cc1C. The molecule has 0 aliphatic rings. The van der Waals surface area contributed by atoms with E-state index in [4.69, 9.17) is 12.2 Å². The molecule has 1 aromatic rings. The molecule has 0 aromatic heterocycles. The number of nitrogen functional groups attached to an aromatic ring is 1. The van der Waals surface area contributed by atoms with Crippen molar-refractivity contribution in [2.45, 2.75) is 31.2 Å². The van der Waals surface area contributed by atoms with Gasteiger partial charge in [-0.2, -0.15) is 0 Å². The summed E-state index contributed by atoms with van der Waals surface area (Å²) in [6, 6.07) is 1.80. The van der Waals surface area contributed by atoms with Gasteiger partial charge in [0.25, 0.3) is 0 Å². The molecule has 1 unspecified atom stereocenters. The lowest BCUT2D eigenvalue weighted by Crippen LogP contribution is -2.32. The van der Waals surface area contributed by atoms with Gasteiger partial charge in [0, 0.05) is 12.5 Å². The molecule has 0 saturated heterocycles. The Morgan fingerprint density at radius 2 is 2.17 bits per heavy atom. The van der Waals surface area contributed by atoms with Crippen LogP contribution in [-0.2, 0) is 10.0 Å². The topological polar surface area (TPSA) is 72.2 Å². The molecule has 3 N–H and O–H groups in total. The molecule has 0 heterocycles. The van der Waals surface area contributed by atoms with Gasteiger partial charge >= 0.3 is 0 Å². The van der Waals surface area contributed by atoms with Gasteiger partial charge in [-0.25, -0.2) is 17.5 Å². The van der Waals surface area contributed by atoms with E-state index in [9.17, 15) is 12.8 Å². The normalized spacial score (nSPS) is 13.0. The quantitative estimate of drug-likeness (QED) is 0.642. The molecule has 1 rings (SSSR count). The molecule has 98 valence electrons. The van der Waals surface area contributed by atoms with E-state index in [0.717, 1.165) is 12.1 Å². The third-order valence-corrected chi connectivity index (χ3v) is 4.10. The molecular weight excluding hydrogens is 255 g/mol. The van der Waals surface area contributed by atoms with Gasteiger partial charge < -0.3 is 5.73 Å². The number of rotatable bonds is 4. The molecule has 6 heteroatoms. The standard InChI is InChI=1S/C12H15FN2O2S/c1-4-5-9(3)15-18(16,17)12-7-11(14)10(13)6-8(12)2/h1,6-7,9,15H,5,14H2,2-3H3. The Bertz CT molecular complexity index is 591. The van der Waals surface area contributed by atoms with Crippen LogP contribution in [0.25, 0.3) is 0 Å². The summed E-state index contributed by atoms with van der Waals surface area (Å²) in [6.45, 7) is 3.16. The van der Waals surface area contributed by atoms with Gasteiger partial charge in [-0.3, -0.25) is 0 Å². The second-order valence-corrected chi connectivity index (χ2v) is 5.75. The smallest absolute Gasteiger partial charge is 0.241 e. The van der Waals surface area contributed by atoms with E-state index >= 15 is 0 Å². The summed E-state index contributed by atoms with van der Waals surface area (Å²) < 4.78 is 39.7. The number of benzene rings is 1. The summed E-state index contributed by atoms with van der Waals surface area (Å²) in [5.41, 5.74) is 5.47. The minimum Gasteiger partial charge on any atom is -0.396 e. The van der Waals surface area contributed by atoms with Gasteiger partial charge in [-0.05, 0) is 31.5 Å². The zero-order chi connectivity index (χ0) is 13.9. The number of halogens is 1. The minimum atomic E-state index is -3.74. The number of hydrogen-bond donors (Lipinski definition) is 2. The average Bonchev–Trinajstić information content (AvgIpc) is 2.22. The number of terminal acetylenes is 1. The number of sulfonamides is 1. The molecular formula is C12H15FN2O2S. The monoisotopic (exact) mass is 270 g/mol. The molecule has 0 aliphatic heterocycles. The molecule has 0 saturated carbocycles. The van der Waals surface area contributed by atoms with E-state index in [1.807, 2.05) is 0 Å². The third kappa shape index (κ3) is 3.22. The number of hydrogen-bond acceptors (Lipinski definition) is 3.